The normalized spacial score (nSPS) is 12.8. The minimum absolute atomic E-state index is 0.233. The highest BCUT2D eigenvalue weighted by molar-refractivity contribution is 7.88. The van der Waals surface area contributed by atoms with Gasteiger partial charge in [-0.2, -0.15) is 0 Å². The summed E-state index contributed by atoms with van der Waals surface area (Å²) in [5, 5.41) is 0. The molecule has 0 amide bonds. The zero-order valence-electron chi connectivity index (χ0n) is 19.2. The highest BCUT2D eigenvalue weighted by Gasteiger charge is 2.13. The number of aryl methyl sites for hydroxylation is 2. The quantitative estimate of drug-likeness (QED) is 0.472. The molecule has 0 radical (unpaired) electrons. The summed E-state index contributed by atoms with van der Waals surface area (Å²) in [6, 6.07) is 18.3. The molecule has 0 unspecified atom stereocenters. The van der Waals surface area contributed by atoms with Crippen molar-refractivity contribution in [3.05, 3.63) is 76.9 Å². The van der Waals surface area contributed by atoms with Gasteiger partial charge in [-0.25, -0.2) is 13.1 Å². The lowest BCUT2D eigenvalue weighted by Gasteiger charge is -2.15. The van der Waals surface area contributed by atoms with Gasteiger partial charge in [0.15, 0.2) is 0 Å². The van der Waals surface area contributed by atoms with Crippen molar-refractivity contribution in [3.8, 4) is 28.4 Å². The van der Waals surface area contributed by atoms with Crippen LogP contribution in [0.5, 0.6) is 17.2 Å². The van der Waals surface area contributed by atoms with Gasteiger partial charge in [-0.3, -0.25) is 0 Å². The van der Waals surface area contributed by atoms with Crippen molar-refractivity contribution in [2.24, 2.45) is 0 Å². The molecule has 3 aromatic rings. The van der Waals surface area contributed by atoms with Gasteiger partial charge in [-0.15, -0.1) is 0 Å². The van der Waals surface area contributed by atoms with E-state index in [1.165, 1.54) is 5.56 Å². The Kier molecular flexibility index (Phi) is 6.91. The first kappa shape index (κ1) is 23.1. The van der Waals surface area contributed by atoms with Gasteiger partial charge in [0.25, 0.3) is 0 Å². The van der Waals surface area contributed by atoms with E-state index in [1.54, 1.807) is 0 Å². The van der Waals surface area contributed by atoms with E-state index in [0.29, 0.717) is 6.61 Å². The third-order valence-corrected chi connectivity index (χ3v) is 6.26. The Bertz CT molecular complexity index is 1230. The number of benzene rings is 3. The number of fused-ring (bicyclic) bond motifs is 1. The SMILES string of the molecule is Cc1cc(OCCNS(C)(=O)=O)cc(C)c1-c1cccc(COc2ccc3c(c2)OCC3)c1. The number of ether oxygens (including phenoxy) is 3. The third kappa shape index (κ3) is 6.06. The molecule has 0 fully saturated rings. The Labute approximate surface area is 195 Å². The highest BCUT2D eigenvalue weighted by Crippen LogP contribution is 2.32. The summed E-state index contributed by atoms with van der Waals surface area (Å²) in [6.07, 6.45) is 2.09. The van der Waals surface area contributed by atoms with E-state index in [-0.39, 0.29) is 13.2 Å². The fraction of sp³-hybridized carbons (Fsp3) is 0.308. The van der Waals surface area contributed by atoms with Gasteiger partial charge in [0.1, 0.15) is 30.5 Å². The van der Waals surface area contributed by atoms with Crippen molar-refractivity contribution >= 4 is 10.0 Å². The van der Waals surface area contributed by atoms with E-state index in [1.807, 2.05) is 30.3 Å². The molecular weight excluding hydrogens is 438 g/mol. The van der Waals surface area contributed by atoms with Crippen LogP contribution < -0.4 is 18.9 Å². The van der Waals surface area contributed by atoms with Gasteiger partial charge < -0.3 is 14.2 Å². The van der Waals surface area contributed by atoms with Crippen LogP contribution in [0.2, 0.25) is 0 Å². The van der Waals surface area contributed by atoms with Crippen LogP contribution in [-0.2, 0) is 23.1 Å². The van der Waals surface area contributed by atoms with E-state index in [9.17, 15) is 8.42 Å². The van der Waals surface area contributed by atoms with Crippen molar-refractivity contribution < 1.29 is 22.6 Å². The van der Waals surface area contributed by atoms with Gasteiger partial charge in [0.2, 0.25) is 10.0 Å². The first-order valence-corrected chi connectivity index (χ1v) is 12.8. The minimum atomic E-state index is -3.21. The molecule has 1 N–H and O–H groups in total. The molecule has 174 valence electrons. The summed E-state index contributed by atoms with van der Waals surface area (Å²) in [5.74, 6) is 2.45. The molecule has 1 aliphatic heterocycles. The molecule has 0 atom stereocenters. The van der Waals surface area contributed by atoms with Crippen LogP contribution in [0, 0.1) is 13.8 Å². The number of nitrogens with one attached hydrogen (secondary N) is 1. The van der Waals surface area contributed by atoms with E-state index < -0.39 is 10.0 Å². The van der Waals surface area contributed by atoms with Gasteiger partial charge in [-0.05, 0) is 71.5 Å². The van der Waals surface area contributed by atoms with Crippen molar-refractivity contribution in [2.45, 2.75) is 26.9 Å². The monoisotopic (exact) mass is 467 g/mol. The Morgan fingerprint density at radius 3 is 2.52 bits per heavy atom. The number of hydrogen-bond acceptors (Lipinski definition) is 5. The zero-order valence-corrected chi connectivity index (χ0v) is 20.0. The van der Waals surface area contributed by atoms with Gasteiger partial charge in [0, 0.05) is 19.0 Å². The number of hydrogen-bond donors (Lipinski definition) is 1. The van der Waals surface area contributed by atoms with Crippen LogP contribution in [0.1, 0.15) is 22.3 Å². The fourth-order valence-electron chi connectivity index (χ4n) is 4.08. The van der Waals surface area contributed by atoms with Crippen molar-refractivity contribution in [3.63, 3.8) is 0 Å². The van der Waals surface area contributed by atoms with Crippen LogP contribution in [0.3, 0.4) is 0 Å². The molecule has 7 heteroatoms. The Morgan fingerprint density at radius 2 is 1.76 bits per heavy atom. The van der Waals surface area contributed by atoms with Crippen molar-refractivity contribution in [1.29, 1.82) is 0 Å². The molecule has 1 heterocycles. The van der Waals surface area contributed by atoms with E-state index in [4.69, 9.17) is 14.2 Å². The molecular formula is C26H29NO5S. The summed E-state index contributed by atoms with van der Waals surface area (Å²) in [5.41, 5.74) is 6.78. The molecule has 0 aromatic heterocycles. The first-order chi connectivity index (χ1) is 15.8. The van der Waals surface area contributed by atoms with Gasteiger partial charge >= 0.3 is 0 Å². The van der Waals surface area contributed by atoms with Crippen LogP contribution >= 0.6 is 0 Å². The molecule has 6 nitrogen and oxygen atoms in total. The average Bonchev–Trinajstić information content (AvgIpc) is 3.22. The molecule has 0 saturated heterocycles. The predicted molar refractivity (Wildman–Crippen MR) is 130 cm³/mol. The van der Waals surface area contributed by atoms with Crippen molar-refractivity contribution in [2.75, 3.05) is 26.0 Å². The lowest BCUT2D eigenvalue weighted by molar-refractivity contribution is 0.302. The van der Waals surface area contributed by atoms with E-state index >= 15 is 0 Å². The molecule has 0 aliphatic carbocycles. The largest absolute Gasteiger partial charge is 0.493 e. The number of sulfonamides is 1. The maximum atomic E-state index is 11.2. The van der Waals surface area contributed by atoms with Gasteiger partial charge in [-0.1, -0.05) is 24.3 Å². The Balaban J connectivity index is 1.43. The van der Waals surface area contributed by atoms with Gasteiger partial charge in [0.05, 0.1) is 12.9 Å². The second kappa shape index (κ2) is 9.85. The zero-order chi connectivity index (χ0) is 23.4. The predicted octanol–water partition coefficient (Wildman–Crippen LogP) is 4.41. The molecule has 3 aromatic carbocycles. The first-order valence-electron chi connectivity index (χ1n) is 10.9. The molecule has 0 spiro atoms. The van der Waals surface area contributed by atoms with Crippen LogP contribution in [0.15, 0.2) is 54.6 Å². The Hall–Kier alpha value is -3.03. The summed E-state index contributed by atoms with van der Waals surface area (Å²) >= 11 is 0. The summed E-state index contributed by atoms with van der Waals surface area (Å²) < 4.78 is 42.2. The molecule has 4 rings (SSSR count). The highest BCUT2D eigenvalue weighted by atomic mass is 32.2. The average molecular weight is 468 g/mol. The second-order valence-corrected chi connectivity index (χ2v) is 10.1. The molecule has 0 saturated carbocycles. The third-order valence-electron chi connectivity index (χ3n) is 5.53. The lowest BCUT2D eigenvalue weighted by atomic mass is 9.94. The number of rotatable bonds is 9. The molecule has 1 aliphatic rings. The molecule has 0 bridgehead atoms. The smallest absolute Gasteiger partial charge is 0.208 e. The fourth-order valence-corrected chi connectivity index (χ4v) is 4.53. The van der Waals surface area contributed by atoms with Crippen molar-refractivity contribution in [1.82, 2.24) is 4.72 Å². The summed E-state index contributed by atoms with van der Waals surface area (Å²) in [4.78, 5) is 0. The minimum Gasteiger partial charge on any atom is -0.493 e. The summed E-state index contributed by atoms with van der Waals surface area (Å²) in [7, 11) is -3.21. The van der Waals surface area contributed by atoms with Crippen LogP contribution in [-0.4, -0.2) is 34.4 Å². The maximum absolute atomic E-state index is 11.2. The lowest BCUT2D eigenvalue weighted by Crippen LogP contribution is -2.26. The van der Waals surface area contributed by atoms with Crippen LogP contribution in [0.25, 0.3) is 11.1 Å². The Morgan fingerprint density at radius 1 is 0.970 bits per heavy atom. The van der Waals surface area contributed by atoms with E-state index in [2.05, 4.69) is 42.8 Å². The second-order valence-electron chi connectivity index (χ2n) is 8.30. The van der Waals surface area contributed by atoms with Crippen LogP contribution in [0.4, 0.5) is 0 Å². The summed E-state index contributed by atoms with van der Waals surface area (Å²) in [6.45, 7) is 5.82. The molecule has 33 heavy (non-hydrogen) atoms. The topological polar surface area (TPSA) is 73.9 Å². The maximum Gasteiger partial charge on any atom is 0.208 e. The standard InChI is InChI=1S/C26H29NO5S/c1-18-13-24(30-12-10-27-33(3,28)29)14-19(2)26(18)22-6-4-5-20(15-22)17-32-23-8-7-21-9-11-31-25(21)16-23/h4-8,13-16,27H,9-12,17H2,1-3H3. The van der Waals surface area contributed by atoms with E-state index in [0.717, 1.165) is 64.3 Å².